The van der Waals surface area contributed by atoms with Crippen molar-refractivity contribution in [1.82, 2.24) is 5.32 Å². The molecule has 0 saturated heterocycles. The van der Waals surface area contributed by atoms with Crippen LogP contribution in [-0.4, -0.2) is 20.2 Å². The smallest absolute Gasteiger partial charge is 0.0713 e. The van der Waals surface area contributed by atoms with Crippen molar-refractivity contribution in [2.45, 2.75) is 12.6 Å². The summed E-state index contributed by atoms with van der Waals surface area (Å²) < 4.78 is 5.09. The first-order valence-electron chi connectivity index (χ1n) is 5.26. The molecule has 1 aromatic rings. The number of methoxy groups -OCH3 is 1. The molecule has 3 nitrogen and oxygen atoms in total. The Kier molecular flexibility index (Phi) is 5.58. The molecule has 0 aliphatic heterocycles. The Balaban J connectivity index is 2.75. The largest absolute Gasteiger partial charge is 0.380 e. The summed E-state index contributed by atoms with van der Waals surface area (Å²) in [6.07, 6.45) is 5.21. The lowest BCUT2D eigenvalue weighted by atomic mass is 10.0. The molecule has 0 bridgehead atoms. The predicted molar refractivity (Wildman–Crippen MR) is 65.8 cm³/mol. The number of hydrogen-bond donors (Lipinski definition) is 2. The first-order chi connectivity index (χ1) is 7.81. The fourth-order valence-corrected chi connectivity index (χ4v) is 1.59. The lowest BCUT2D eigenvalue weighted by molar-refractivity contribution is 0.185. The van der Waals surface area contributed by atoms with E-state index in [2.05, 4.69) is 17.3 Å². The summed E-state index contributed by atoms with van der Waals surface area (Å²) in [5, 5.41) is 3.20. The van der Waals surface area contributed by atoms with Crippen molar-refractivity contribution in [2.75, 3.05) is 20.2 Å². The Bertz CT molecular complexity index is 357. The topological polar surface area (TPSA) is 47.3 Å². The monoisotopic (exact) mass is 218 g/mol. The molecule has 16 heavy (non-hydrogen) atoms. The predicted octanol–water partition coefficient (Wildman–Crippen LogP) is 1.06. The van der Waals surface area contributed by atoms with E-state index < -0.39 is 0 Å². The third-order valence-corrected chi connectivity index (χ3v) is 2.35. The molecule has 1 rings (SSSR count). The number of hydrogen-bond acceptors (Lipinski definition) is 3. The van der Waals surface area contributed by atoms with Gasteiger partial charge in [-0.1, -0.05) is 30.2 Å². The van der Waals surface area contributed by atoms with Crippen LogP contribution in [0, 0.1) is 12.3 Å². The quantitative estimate of drug-likeness (QED) is 0.702. The molecule has 0 spiro atoms. The summed E-state index contributed by atoms with van der Waals surface area (Å²) in [6, 6.07) is 8.27. The Hall–Kier alpha value is -1.34. The summed E-state index contributed by atoms with van der Waals surface area (Å²) in [6.45, 7) is 1.66. The second kappa shape index (κ2) is 7.02. The van der Waals surface area contributed by atoms with Gasteiger partial charge in [0.1, 0.15) is 0 Å². The van der Waals surface area contributed by atoms with E-state index in [0.29, 0.717) is 19.7 Å². The fourth-order valence-electron chi connectivity index (χ4n) is 1.59. The van der Waals surface area contributed by atoms with E-state index in [1.807, 2.05) is 18.2 Å². The molecule has 0 fully saturated rings. The van der Waals surface area contributed by atoms with Gasteiger partial charge in [-0.15, -0.1) is 6.42 Å². The van der Waals surface area contributed by atoms with Gasteiger partial charge in [0.15, 0.2) is 0 Å². The molecule has 3 N–H and O–H groups in total. The van der Waals surface area contributed by atoms with E-state index in [1.54, 1.807) is 7.11 Å². The number of benzene rings is 1. The van der Waals surface area contributed by atoms with Crippen LogP contribution in [0.3, 0.4) is 0 Å². The minimum atomic E-state index is 0.104. The molecule has 3 heteroatoms. The molecular weight excluding hydrogens is 200 g/mol. The maximum absolute atomic E-state index is 5.71. The highest BCUT2D eigenvalue weighted by atomic mass is 16.5. The first kappa shape index (κ1) is 12.7. The van der Waals surface area contributed by atoms with Gasteiger partial charge in [-0.3, -0.25) is 5.32 Å². The zero-order chi connectivity index (χ0) is 11.8. The van der Waals surface area contributed by atoms with Crippen LogP contribution >= 0.6 is 0 Å². The second-order valence-corrected chi connectivity index (χ2v) is 3.55. The SMILES string of the molecule is C#CCNC(CN)c1cccc(COC)c1. The Morgan fingerprint density at radius 1 is 1.56 bits per heavy atom. The molecule has 0 saturated carbocycles. The van der Waals surface area contributed by atoms with E-state index in [-0.39, 0.29) is 6.04 Å². The minimum absolute atomic E-state index is 0.104. The van der Waals surface area contributed by atoms with E-state index in [9.17, 15) is 0 Å². The van der Waals surface area contributed by atoms with Gasteiger partial charge in [-0.2, -0.15) is 0 Å². The van der Waals surface area contributed by atoms with Crippen molar-refractivity contribution >= 4 is 0 Å². The van der Waals surface area contributed by atoms with Gasteiger partial charge in [0.25, 0.3) is 0 Å². The Labute approximate surface area is 97.0 Å². The van der Waals surface area contributed by atoms with Gasteiger partial charge < -0.3 is 10.5 Å². The van der Waals surface area contributed by atoms with Gasteiger partial charge in [0, 0.05) is 19.7 Å². The van der Waals surface area contributed by atoms with Crippen molar-refractivity contribution in [3.05, 3.63) is 35.4 Å². The van der Waals surface area contributed by atoms with Crippen LogP contribution in [0.25, 0.3) is 0 Å². The van der Waals surface area contributed by atoms with Crippen LogP contribution < -0.4 is 11.1 Å². The number of ether oxygens (including phenoxy) is 1. The van der Waals surface area contributed by atoms with Crippen LogP contribution in [0.1, 0.15) is 17.2 Å². The third-order valence-electron chi connectivity index (χ3n) is 2.35. The molecule has 86 valence electrons. The zero-order valence-corrected chi connectivity index (χ0v) is 9.57. The van der Waals surface area contributed by atoms with Gasteiger partial charge in [0.2, 0.25) is 0 Å². The van der Waals surface area contributed by atoms with Crippen LogP contribution in [0.2, 0.25) is 0 Å². The van der Waals surface area contributed by atoms with Crippen LogP contribution in [0.4, 0.5) is 0 Å². The number of nitrogens with two attached hydrogens (primary N) is 1. The third kappa shape index (κ3) is 3.67. The van der Waals surface area contributed by atoms with Crippen molar-refractivity contribution in [3.63, 3.8) is 0 Å². The van der Waals surface area contributed by atoms with E-state index in [1.165, 1.54) is 0 Å². The zero-order valence-electron chi connectivity index (χ0n) is 9.57. The lowest BCUT2D eigenvalue weighted by Gasteiger charge is -2.16. The molecule has 1 unspecified atom stereocenters. The van der Waals surface area contributed by atoms with Crippen LogP contribution in [0.5, 0.6) is 0 Å². The summed E-state index contributed by atoms with van der Waals surface area (Å²) in [7, 11) is 1.68. The van der Waals surface area contributed by atoms with Gasteiger partial charge in [-0.25, -0.2) is 0 Å². The van der Waals surface area contributed by atoms with Crippen molar-refractivity contribution < 1.29 is 4.74 Å². The molecule has 1 atom stereocenters. The highest BCUT2D eigenvalue weighted by Crippen LogP contribution is 2.14. The van der Waals surface area contributed by atoms with Crippen LogP contribution in [0.15, 0.2) is 24.3 Å². The average molecular weight is 218 g/mol. The summed E-state index contributed by atoms with van der Waals surface area (Å²) in [4.78, 5) is 0. The van der Waals surface area contributed by atoms with E-state index in [4.69, 9.17) is 16.9 Å². The second-order valence-electron chi connectivity index (χ2n) is 3.55. The number of terminal acetylenes is 1. The Morgan fingerprint density at radius 3 is 3.00 bits per heavy atom. The van der Waals surface area contributed by atoms with E-state index >= 15 is 0 Å². The van der Waals surface area contributed by atoms with Crippen molar-refractivity contribution in [1.29, 1.82) is 0 Å². The minimum Gasteiger partial charge on any atom is -0.380 e. The normalized spacial score (nSPS) is 12.1. The van der Waals surface area contributed by atoms with E-state index in [0.717, 1.165) is 11.1 Å². The molecule has 0 aliphatic rings. The van der Waals surface area contributed by atoms with Crippen molar-refractivity contribution in [3.8, 4) is 12.3 Å². The van der Waals surface area contributed by atoms with Gasteiger partial charge in [-0.05, 0) is 11.1 Å². The fraction of sp³-hybridized carbons (Fsp3) is 0.385. The molecule has 0 aliphatic carbocycles. The Morgan fingerprint density at radius 2 is 2.38 bits per heavy atom. The lowest BCUT2D eigenvalue weighted by Crippen LogP contribution is -2.28. The number of nitrogens with one attached hydrogen (secondary N) is 1. The molecule has 0 heterocycles. The standard InChI is InChI=1S/C13H18N2O/c1-3-7-15-13(9-14)12-6-4-5-11(8-12)10-16-2/h1,4-6,8,13,15H,7,9-10,14H2,2H3. The summed E-state index contributed by atoms with van der Waals surface area (Å²) in [5.41, 5.74) is 7.99. The summed E-state index contributed by atoms with van der Waals surface area (Å²) in [5.74, 6) is 2.55. The van der Waals surface area contributed by atoms with Crippen LogP contribution in [-0.2, 0) is 11.3 Å². The van der Waals surface area contributed by atoms with Crippen molar-refractivity contribution in [2.24, 2.45) is 5.73 Å². The maximum Gasteiger partial charge on any atom is 0.0713 e. The highest BCUT2D eigenvalue weighted by Gasteiger charge is 2.08. The van der Waals surface area contributed by atoms with Gasteiger partial charge >= 0.3 is 0 Å². The summed E-state index contributed by atoms with van der Waals surface area (Å²) >= 11 is 0. The molecule has 1 aromatic carbocycles. The highest BCUT2D eigenvalue weighted by molar-refractivity contribution is 5.26. The van der Waals surface area contributed by atoms with Gasteiger partial charge in [0.05, 0.1) is 13.2 Å². The molecule has 0 aromatic heterocycles. The average Bonchev–Trinajstić information content (AvgIpc) is 2.31. The molecular formula is C13H18N2O. The molecule has 0 amide bonds. The first-order valence-corrected chi connectivity index (χ1v) is 5.26. The maximum atomic E-state index is 5.71. The molecule has 0 radical (unpaired) electrons. The number of rotatable bonds is 6.